The molecule has 0 spiro atoms. The van der Waals surface area contributed by atoms with Crippen LogP contribution in [0.2, 0.25) is 0 Å². The zero-order valence-electron chi connectivity index (χ0n) is 33.1. The molecule has 28 heteroatoms. The van der Waals surface area contributed by atoms with Gasteiger partial charge in [0.15, 0.2) is 0 Å². The summed E-state index contributed by atoms with van der Waals surface area (Å²) in [7, 11) is 0. The van der Waals surface area contributed by atoms with Gasteiger partial charge < -0.3 is 85.3 Å². The molecule has 0 saturated carbocycles. The van der Waals surface area contributed by atoms with E-state index in [2.05, 4.69) is 31.9 Å². The predicted octanol–water partition coefficient (Wildman–Crippen LogP) is -8.72. The van der Waals surface area contributed by atoms with Gasteiger partial charge >= 0.3 is 17.9 Å². The van der Waals surface area contributed by atoms with Crippen molar-refractivity contribution in [1.29, 1.82) is 0 Å². The topological polar surface area (TPSA) is 480 Å². The van der Waals surface area contributed by atoms with Crippen LogP contribution in [-0.2, 0) is 57.5 Å². The molecule has 9 amide bonds. The van der Waals surface area contributed by atoms with Gasteiger partial charge in [0.1, 0.15) is 36.3 Å². The van der Waals surface area contributed by atoms with Crippen molar-refractivity contribution in [2.45, 2.75) is 101 Å². The third-order valence-corrected chi connectivity index (χ3v) is 8.16. The summed E-state index contributed by atoms with van der Waals surface area (Å²) in [5, 5.41) is 63.2. The Labute approximate surface area is 347 Å². The highest BCUT2D eigenvalue weighted by Gasteiger charge is 2.32. The molecule has 0 bridgehead atoms. The Morgan fingerprint density at radius 3 is 1.56 bits per heavy atom. The fraction of sp³-hybridized carbons (Fsp3) is 0.636. The lowest BCUT2D eigenvalue weighted by Crippen LogP contribution is -2.59. The Bertz CT molecular complexity index is 1600. The van der Waals surface area contributed by atoms with E-state index >= 15 is 0 Å². The second kappa shape index (κ2) is 28.8. The van der Waals surface area contributed by atoms with E-state index < -0.39 is 165 Å². The highest BCUT2D eigenvalue weighted by molar-refractivity contribution is 5.97. The lowest BCUT2D eigenvalue weighted by Gasteiger charge is -2.25. The quantitative estimate of drug-likeness (QED) is 0.0288. The highest BCUT2D eigenvalue weighted by Crippen LogP contribution is 2.05. The summed E-state index contributed by atoms with van der Waals surface area (Å²) in [6, 6.07) is -10.9. The van der Waals surface area contributed by atoms with E-state index in [-0.39, 0.29) is 19.4 Å². The molecule has 0 aliphatic carbocycles. The van der Waals surface area contributed by atoms with Gasteiger partial charge in [0, 0.05) is 12.8 Å². The van der Waals surface area contributed by atoms with Crippen LogP contribution in [0.1, 0.15) is 58.3 Å². The minimum Gasteiger partial charge on any atom is -0.481 e. The van der Waals surface area contributed by atoms with Crippen LogP contribution in [0, 0.1) is 0 Å². The number of aliphatic carboxylic acids is 3. The summed E-state index contributed by atoms with van der Waals surface area (Å²) < 4.78 is 0. The lowest BCUT2D eigenvalue weighted by atomic mass is 10.1. The number of aliphatic hydroxyl groups is 2. The Kier molecular flexibility index (Phi) is 25.7. The van der Waals surface area contributed by atoms with Gasteiger partial charge in [-0.3, -0.25) is 52.7 Å². The molecule has 344 valence electrons. The molecule has 0 aromatic heterocycles. The molecule has 0 saturated heterocycles. The number of hydrogen-bond donors (Lipinski definition) is 16. The van der Waals surface area contributed by atoms with E-state index in [9.17, 15) is 67.7 Å². The number of carboxylic acid groups (broad SMARTS) is 3. The van der Waals surface area contributed by atoms with Crippen molar-refractivity contribution < 1.29 is 83.1 Å². The summed E-state index contributed by atoms with van der Waals surface area (Å²) in [5.74, 6) is -13.6. The predicted molar refractivity (Wildman–Crippen MR) is 204 cm³/mol. The molecule has 19 N–H and O–H groups in total. The molecule has 0 aromatic rings. The average Bonchev–Trinajstić information content (AvgIpc) is 3.19. The Morgan fingerprint density at radius 1 is 0.525 bits per heavy atom. The summed E-state index contributed by atoms with van der Waals surface area (Å²) in [5.41, 5.74) is 16.4. The average molecular weight is 878 g/mol. The largest absolute Gasteiger partial charge is 0.481 e. The minimum absolute atomic E-state index is 0.0279. The number of carbonyl (C=O) groups is 12. The van der Waals surface area contributed by atoms with Gasteiger partial charge in [0.25, 0.3) is 0 Å². The van der Waals surface area contributed by atoms with E-state index in [0.717, 1.165) is 0 Å². The molecule has 0 unspecified atom stereocenters. The summed E-state index contributed by atoms with van der Waals surface area (Å²) in [6.07, 6.45) is -1.87. The van der Waals surface area contributed by atoms with Crippen molar-refractivity contribution >= 4 is 71.1 Å². The first kappa shape index (κ1) is 54.5. The molecule has 61 heavy (non-hydrogen) atoms. The molecule has 0 aliphatic heterocycles. The molecule has 0 radical (unpaired) electrons. The molecule has 28 nitrogen and oxygen atoms in total. The van der Waals surface area contributed by atoms with Crippen molar-refractivity contribution in [2.24, 2.45) is 17.2 Å². The molecule has 0 aliphatic rings. The van der Waals surface area contributed by atoms with E-state index in [1.54, 1.807) is 0 Å². The van der Waals surface area contributed by atoms with E-state index in [1.807, 2.05) is 10.6 Å². The molecule has 0 aromatic carbocycles. The van der Waals surface area contributed by atoms with Crippen LogP contribution in [0.25, 0.3) is 0 Å². The number of nitrogens with two attached hydrogens (primary N) is 3. The first-order valence-corrected chi connectivity index (χ1v) is 18.5. The Balaban J connectivity index is 5.55. The molecular weight excluding hydrogens is 822 g/mol. The van der Waals surface area contributed by atoms with Gasteiger partial charge in [0.05, 0.1) is 38.8 Å². The van der Waals surface area contributed by atoms with Crippen molar-refractivity contribution in [2.75, 3.05) is 32.8 Å². The van der Waals surface area contributed by atoms with Gasteiger partial charge in [-0.25, -0.2) is 4.79 Å². The standard InChI is InChI=1S/C33H55N11O17/c1-15(39-28(55)16(35)5-8-25(50)51)27(54)41-17(4-2-3-9-34)30(57)44-21(14-46)32(59)42-18(6-7-22(36)47)29(56)38-11-23(48)37-12-24(49)40-20(13-45)31(58)43-19(33(60)61)10-26(52)53/h15-21,45-46H,2-14,34-35H2,1H3,(H2,36,47)(H,37,48)(H,38,56)(H,39,55)(H,40,49)(H,41,54)(H,42,59)(H,43,58)(H,44,57)(H,50,51)(H,52,53)(H,60,61)/t15-,16-,17-,18-,19-,20-,21-/m0/s1. The third-order valence-electron chi connectivity index (χ3n) is 8.16. The normalized spacial score (nSPS) is 14.1. The molecule has 0 rings (SSSR count). The number of nitrogens with one attached hydrogen (secondary N) is 8. The highest BCUT2D eigenvalue weighted by atomic mass is 16.4. The van der Waals surface area contributed by atoms with Gasteiger partial charge in [-0.05, 0) is 45.6 Å². The maximum Gasteiger partial charge on any atom is 0.326 e. The van der Waals surface area contributed by atoms with Crippen LogP contribution in [-0.4, -0.2) is 172 Å². The summed E-state index contributed by atoms with van der Waals surface area (Å²) in [6.45, 7) is -2.30. The van der Waals surface area contributed by atoms with Crippen LogP contribution in [0.3, 0.4) is 0 Å². The van der Waals surface area contributed by atoms with Gasteiger partial charge in [0.2, 0.25) is 53.2 Å². The maximum atomic E-state index is 13.3. The van der Waals surface area contributed by atoms with E-state index in [4.69, 9.17) is 32.5 Å². The number of primary amides is 1. The van der Waals surface area contributed by atoms with Crippen LogP contribution in [0.5, 0.6) is 0 Å². The fourth-order valence-corrected chi connectivity index (χ4v) is 4.77. The lowest BCUT2D eigenvalue weighted by molar-refractivity contribution is -0.147. The third kappa shape index (κ3) is 23.0. The van der Waals surface area contributed by atoms with Gasteiger partial charge in [-0.2, -0.15) is 0 Å². The van der Waals surface area contributed by atoms with Crippen LogP contribution in [0.4, 0.5) is 0 Å². The van der Waals surface area contributed by atoms with Crippen molar-refractivity contribution in [3.05, 3.63) is 0 Å². The first-order chi connectivity index (χ1) is 28.6. The number of amides is 9. The number of unbranched alkanes of at least 4 members (excludes halogenated alkanes) is 1. The van der Waals surface area contributed by atoms with E-state index in [1.165, 1.54) is 6.92 Å². The van der Waals surface area contributed by atoms with Crippen molar-refractivity contribution in [1.82, 2.24) is 42.5 Å². The number of carboxylic acids is 3. The smallest absolute Gasteiger partial charge is 0.326 e. The summed E-state index contributed by atoms with van der Waals surface area (Å²) in [4.78, 5) is 146. The van der Waals surface area contributed by atoms with Gasteiger partial charge in [-0.1, -0.05) is 0 Å². The number of carbonyl (C=O) groups excluding carboxylic acids is 9. The second-order valence-electron chi connectivity index (χ2n) is 13.2. The zero-order valence-corrected chi connectivity index (χ0v) is 33.1. The van der Waals surface area contributed by atoms with Gasteiger partial charge in [-0.15, -0.1) is 0 Å². The van der Waals surface area contributed by atoms with E-state index in [0.29, 0.717) is 12.8 Å². The maximum absolute atomic E-state index is 13.3. The molecule has 7 atom stereocenters. The first-order valence-electron chi connectivity index (χ1n) is 18.5. The fourth-order valence-electron chi connectivity index (χ4n) is 4.77. The Morgan fingerprint density at radius 2 is 1.03 bits per heavy atom. The number of hydrogen-bond acceptors (Lipinski definition) is 16. The van der Waals surface area contributed by atoms with Crippen LogP contribution >= 0.6 is 0 Å². The molecule has 0 heterocycles. The second-order valence-corrected chi connectivity index (χ2v) is 13.2. The SMILES string of the molecule is C[C@H](NC(=O)[C@@H](N)CCC(=O)O)C(=O)N[C@@H](CCCCN)C(=O)N[C@@H](CO)C(=O)N[C@@H](CCC(N)=O)C(=O)NCC(=O)NCC(=O)N[C@@H](CO)C(=O)N[C@@H](CC(=O)O)C(=O)O. The van der Waals surface area contributed by atoms with Crippen LogP contribution in [0.15, 0.2) is 0 Å². The molecule has 0 fully saturated rings. The monoisotopic (exact) mass is 877 g/mol. The summed E-state index contributed by atoms with van der Waals surface area (Å²) >= 11 is 0. The zero-order chi connectivity index (χ0) is 46.8. The van der Waals surface area contributed by atoms with Crippen molar-refractivity contribution in [3.8, 4) is 0 Å². The van der Waals surface area contributed by atoms with Crippen molar-refractivity contribution in [3.63, 3.8) is 0 Å². The minimum atomic E-state index is -1.89. The van der Waals surface area contributed by atoms with Crippen LogP contribution < -0.4 is 59.7 Å². The number of aliphatic hydroxyl groups excluding tert-OH is 2. The number of rotatable bonds is 31. The Hall–Kier alpha value is -6.52. The molecular formula is C33H55N11O17.